The van der Waals surface area contributed by atoms with Gasteiger partial charge in [0.1, 0.15) is 4.90 Å². The molecule has 0 amide bonds. The fourth-order valence-electron chi connectivity index (χ4n) is 2.82. The van der Waals surface area contributed by atoms with Gasteiger partial charge in [-0.15, -0.1) is 0 Å². The second-order valence-corrected chi connectivity index (χ2v) is 7.61. The van der Waals surface area contributed by atoms with Crippen LogP contribution in [0.2, 0.25) is 5.02 Å². The minimum atomic E-state index is -3.75. The molecule has 1 aromatic carbocycles. The van der Waals surface area contributed by atoms with Crippen molar-refractivity contribution in [3.8, 4) is 0 Å². The maximum absolute atomic E-state index is 12.9. The fraction of sp³-hybridized carbons (Fsp3) is 0.571. The van der Waals surface area contributed by atoms with E-state index in [9.17, 15) is 13.5 Å². The first-order valence-corrected chi connectivity index (χ1v) is 8.96. The Bertz CT molecular complexity index is 586. The minimum absolute atomic E-state index is 0.0222. The Kier molecular flexibility index (Phi) is 5.48. The average molecular weight is 333 g/mol. The van der Waals surface area contributed by atoms with E-state index in [0.29, 0.717) is 5.02 Å². The second kappa shape index (κ2) is 6.96. The normalized spacial score (nSPS) is 17.3. The third-order valence-electron chi connectivity index (χ3n) is 3.86. The molecule has 0 bridgehead atoms. The van der Waals surface area contributed by atoms with Crippen LogP contribution in [-0.2, 0) is 10.0 Å². The van der Waals surface area contributed by atoms with Crippen LogP contribution in [0.25, 0.3) is 0 Å². The molecule has 0 radical (unpaired) electrons. The lowest BCUT2D eigenvalue weighted by Crippen LogP contribution is -2.43. The number of aliphatic hydroxyl groups is 1. The minimum Gasteiger partial charge on any atom is -0.398 e. The number of aliphatic hydroxyl groups excluding tert-OH is 1. The molecule has 5 nitrogen and oxygen atoms in total. The van der Waals surface area contributed by atoms with Crippen molar-refractivity contribution in [2.24, 2.45) is 0 Å². The summed E-state index contributed by atoms with van der Waals surface area (Å²) in [4.78, 5) is 0.0222. The molecule has 0 atom stereocenters. The van der Waals surface area contributed by atoms with E-state index >= 15 is 0 Å². The first-order valence-electron chi connectivity index (χ1n) is 7.14. The maximum Gasteiger partial charge on any atom is 0.245 e. The lowest BCUT2D eigenvalue weighted by atomic mass is 9.95. The van der Waals surface area contributed by atoms with Crippen LogP contribution in [0.15, 0.2) is 23.1 Å². The second-order valence-electron chi connectivity index (χ2n) is 5.31. The van der Waals surface area contributed by atoms with E-state index < -0.39 is 10.0 Å². The smallest absolute Gasteiger partial charge is 0.245 e. The van der Waals surface area contributed by atoms with Gasteiger partial charge in [0.25, 0.3) is 0 Å². The van der Waals surface area contributed by atoms with Crippen molar-refractivity contribution in [2.45, 2.75) is 43.0 Å². The van der Waals surface area contributed by atoms with Crippen LogP contribution in [0.4, 0.5) is 5.69 Å². The molecule has 118 valence electrons. The molecule has 1 fully saturated rings. The molecule has 1 saturated carbocycles. The molecule has 1 aliphatic rings. The van der Waals surface area contributed by atoms with Gasteiger partial charge in [-0.2, -0.15) is 4.31 Å². The molecule has 0 spiro atoms. The van der Waals surface area contributed by atoms with Gasteiger partial charge in [0.05, 0.1) is 12.3 Å². The summed E-state index contributed by atoms with van der Waals surface area (Å²) in [7, 11) is -3.75. The molecule has 21 heavy (non-hydrogen) atoms. The molecular weight excluding hydrogens is 312 g/mol. The van der Waals surface area contributed by atoms with Crippen molar-refractivity contribution in [2.75, 3.05) is 18.9 Å². The number of hydrogen-bond donors (Lipinski definition) is 2. The molecule has 1 aliphatic carbocycles. The van der Waals surface area contributed by atoms with E-state index in [4.69, 9.17) is 17.3 Å². The quantitative estimate of drug-likeness (QED) is 0.810. The largest absolute Gasteiger partial charge is 0.398 e. The molecule has 0 unspecified atom stereocenters. The van der Waals surface area contributed by atoms with Crippen molar-refractivity contribution in [1.29, 1.82) is 0 Å². The SMILES string of the molecule is Nc1ccc(Cl)cc1S(=O)(=O)N(CCO)C1CCCCC1. The van der Waals surface area contributed by atoms with Gasteiger partial charge in [-0.1, -0.05) is 30.9 Å². The third kappa shape index (κ3) is 3.69. The summed E-state index contributed by atoms with van der Waals surface area (Å²) in [5, 5.41) is 9.57. The summed E-state index contributed by atoms with van der Waals surface area (Å²) in [6, 6.07) is 4.36. The van der Waals surface area contributed by atoms with Crippen molar-refractivity contribution in [1.82, 2.24) is 4.31 Å². The zero-order valence-electron chi connectivity index (χ0n) is 11.8. The van der Waals surface area contributed by atoms with E-state index in [0.717, 1.165) is 32.1 Å². The Morgan fingerprint density at radius 3 is 2.57 bits per heavy atom. The summed E-state index contributed by atoms with van der Waals surface area (Å²) >= 11 is 5.90. The Labute approximate surface area is 130 Å². The number of nitrogens with two attached hydrogens (primary N) is 1. The van der Waals surface area contributed by atoms with Crippen LogP contribution in [0.5, 0.6) is 0 Å². The zero-order chi connectivity index (χ0) is 15.5. The van der Waals surface area contributed by atoms with Crippen LogP contribution in [0.1, 0.15) is 32.1 Å². The third-order valence-corrected chi connectivity index (χ3v) is 6.11. The highest BCUT2D eigenvalue weighted by atomic mass is 35.5. The highest BCUT2D eigenvalue weighted by molar-refractivity contribution is 7.89. The Balaban J connectivity index is 2.39. The highest BCUT2D eigenvalue weighted by Gasteiger charge is 2.33. The van der Waals surface area contributed by atoms with Gasteiger partial charge in [0, 0.05) is 17.6 Å². The van der Waals surface area contributed by atoms with Crippen LogP contribution < -0.4 is 5.73 Å². The van der Waals surface area contributed by atoms with Crippen LogP contribution in [0, 0.1) is 0 Å². The number of nitrogen functional groups attached to an aromatic ring is 1. The van der Waals surface area contributed by atoms with Gasteiger partial charge in [-0.25, -0.2) is 8.42 Å². The Morgan fingerprint density at radius 1 is 1.29 bits per heavy atom. The molecule has 3 N–H and O–H groups in total. The number of rotatable bonds is 5. The first-order chi connectivity index (χ1) is 9.96. The maximum atomic E-state index is 12.9. The molecule has 0 heterocycles. The summed E-state index contributed by atoms with van der Waals surface area (Å²) < 4.78 is 27.1. The standard InChI is InChI=1S/C14H21ClN2O3S/c15-11-6-7-13(16)14(10-11)21(19,20)17(8-9-18)12-4-2-1-3-5-12/h6-7,10,12,18H,1-5,8-9,16H2. The van der Waals surface area contributed by atoms with Crippen LogP contribution >= 0.6 is 11.6 Å². The zero-order valence-corrected chi connectivity index (χ0v) is 13.4. The molecule has 0 saturated heterocycles. The summed E-state index contributed by atoms with van der Waals surface area (Å²) in [6.07, 6.45) is 4.78. The van der Waals surface area contributed by atoms with Gasteiger partial charge in [-0.3, -0.25) is 0 Å². The summed E-state index contributed by atoms with van der Waals surface area (Å²) in [5.41, 5.74) is 5.99. The van der Waals surface area contributed by atoms with Crippen molar-refractivity contribution in [3.63, 3.8) is 0 Å². The van der Waals surface area contributed by atoms with Gasteiger partial charge >= 0.3 is 0 Å². The van der Waals surface area contributed by atoms with E-state index in [1.807, 2.05) is 0 Å². The number of anilines is 1. The highest BCUT2D eigenvalue weighted by Crippen LogP contribution is 2.31. The molecule has 0 aromatic heterocycles. The number of hydrogen-bond acceptors (Lipinski definition) is 4. The van der Waals surface area contributed by atoms with Gasteiger partial charge < -0.3 is 10.8 Å². The predicted octanol–water partition coefficient (Wildman–Crippen LogP) is 2.24. The number of halogens is 1. The Morgan fingerprint density at radius 2 is 1.95 bits per heavy atom. The Hall–Kier alpha value is -0.820. The molecule has 7 heteroatoms. The van der Waals surface area contributed by atoms with Crippen molar-refractivity contribution >= 4 is 27.3 Å². The molecule has 0 aliphatic heterocycles. The average Bonchev–Trinajstić information content (AvgIpc) is 2.48. The van der Waals surface area contributed by atoms with Gasteiger partial charge in [0.15, 0.2) is 0 Å². The van der Waals surface area contributed by atoms with Crippen LogP contribution in [0.3, 0.4) is 0 Å². The summed E-state index contributed by atoms with van der Waals surface area (Å²) in [5.74, 6) is 0. The topological polar surface area (TPSA) is 83.6 Å². The van der Waals surface area contributed by atoms with Gasteiger partial charge in [0.2, 0.25) is 10.0 Å². The lowest BCUT2D eigenvalue weighted by Gasteiger charge is -2.33. The summed E-state index contributed by atoms with van der Waals surface area (Å²) in [6.45, 7) is -0.130. The number of nitrogens with zero attached hydrogens (tertiary/aromatic N) is 1. The van der Waals surface area contributed by atoms with Crippen LogP contribution in [-0.4, -0.2) is 37.0 Å². The van der Waals surface area contributed by atoms with E-state index in [2.05, 4.69) is 0 Å². The number of sulfonamides is 1. The predicted molar refractivity (Wildman–Crippen MR) is 83.7 cm³/mol. The van der Waals surface area contributed by atoms with Gasteiger partial charge in [-0.05, 0) is 31.0 Å². The molecule has 1 aromatic rings. The van der Waals surface area contributed by atoms with Crippen molar-refractivity contribution in [3.05, 3.63) is 23.2 Å². The van der Waals surface area contributed by atoms with Crippen molar-refractivity contribution < 1.29 is 13.5 Å². The first kappa shape index (κ1) is 16.5. The van der Waals surface area contributed by atoms with E-state index in [1.54, 1.807) is 6.07 Å². The number of benzene rings is 1. The van der Waals surface area contributed by atoms with E-state index in [-0.39, 0.29) is 29.8 Å². The van der Waals surface area contributed by atoms with E-state index in [1.165, 1.54) is 16.4 Å². The monoisotopic (exact) mass is 332 g/mol. The molecular formula is C14H21ClN2O3S. The fourth-order valence-corrected chi connectivity index (χ4v) is 4.88. The lowest BCUT2D eigenvalue weighted by molar-refractivity contribution is 0.199. The molecule has 2 rings (SSSR count).